The lowest BCUT2D eigenvalue weighted by Crippen LogP contribution is -2.19. The smallest absolute Gasteiger partial charge is 0.175 e. The van der Waals surface area contributed by atoms with E-state index in [1.807, 2.05) is 31.2 Å². The molecule has 0 heterocycles. The Hall–Kier alpha value is -1.94. The fourth-order valence-electron chi connectivity index (χ4n) is 1.75. The van der Waals surface area contributed by atoms with Crippen molar-refractivity contribution in [3.8, 4) is 0 Å². The Morgan fingerprint density at radius 3 is 2.53 bits per heavy atom. The van der Waals surface area contributed by atoms with E-state index >= 15 is 0 Å². The molecule has 2 rings (SSSR count). The van der Waals surface area contributed by atoms with Crippen molar-refractivity contribution >= 4 is 28.7 Å². The fraction of sp³-hybridized carbons (Fsp3) is 0.133. The van der Waals surface area contributed by atoms with Crippen LogP contribution in [0.15, 0.2) is 42.5 Å². The first kappa shape index (κ1) is 13.5. The number of halogens is 1. The molecule has 0 saturated heterocycles. The van der Waals surface area contributed by atoms with Crippen LogP contribution < -0.4 is 10.6 Å². The lowest BCUT2D eigenvalue weighted by Gasteiger charge is -2.13. The van der Waals surface area contributed by atoms with Gasteiger partial charge in [-0.05, 0) is 55.9 Å². The van der Waals surface area contributed by atoms with Gasteiger partial charge in [-0.15, -0.1) is 0 Å². The summed E-state index contributed by atoms with van der Waals surface area (Å²) >= 11 is 5.22. The minimum Gasteiger partial charge on any atom is -0.332 e. The molecule has 0 unspecified atom stereocenters. The van der Waals surface area contributed by atoms with Crippen LogP contribution in [0.5, 0.6) is 0 Å². The highest BCUT2D eigenvalue weighted by molar-refractivity contribution is 7.80. The first-order valence-electron chi connectivity index (χ1n) is 5.96. The Labute approximate surface area is 117 Å². The molecule has 0 aliphatic carbocycles. The molecule has 2 aromatic carbocycles. The highest BCUT2D eigenvalue weighted by Crippen LogP contribution is 2.18. The zero-order chi connectivity index (χ0) is 13.8. The normalized spacial score (nSPS) is 10.1. The van der Waals surface area contributed by atoms with Crippen molar-refractivity contribution in [3.63, 3.8) is 0 Å². The Morgan fingerprint density at radius 1 is 1.05 bits per heavy atom. The van der Waals surface area contributed by atoms with Gasteiger partial charge in [0.15, 0.2) is 5.11 Å². The molecule has 2 nitrogen and oxygen atoms in total. The summed E-state index contributed by atoms with van der Waals surface area (Å²) in [6.45, 7) is 3.73. The average molecular weight is 274 g/mol. The van der Waals surface area contributed by atoms with E-state index < -0.39 is 0 Å². The van der Waals surface area contributed by atoms with Gasteiger partial charge in [0.05, 0.1) is 0 Å². The van der Waals surface area contributed by atoms with Gasteiger partial charge in [0.2, 0.25) is 0 Å². The molecule has 19 heavy (non-hydrogen) atoms. The maximum absolute atomic E-state index is 13.4. The molecular formula is C15H15FN2S. The molecule has 0 fully saturated rings. The second kappa shape index (κ2) is 5.80. The van der Waals surface area contributed by atoms with Crippen LogP contribution in [0.3, 0.4) is 0 Å². The topological polar surface area (TPSA) is 24.1 Å². The molecule has 0 aliphatic rings. The van der Waals surface area contributed by atoms with Gasteiger partial charge in [0, 0.05) is 16.9 Å². The van der Waals surface area contributed by atoms with E-state index in [1.165, 1.54) is 6.07 Å². The molecule has 98 valence electrons. The van der Waals surface area contributed by atoms with Crippen LogP contribution in [0, 0.1) is 19.7 Å². The van der Waals surface area contributed by atoms with E-state index in [0.717, 1.165) is 11.3 Å². The predicted octanol–water partition coefficient (Wildman–Crippen LogP) is 4.25. The monoisotopic (exact) mass is 274 g/mol. The van der Waals surface area contributed by atoms with Gasteiger partial charge in [-0.2, -0.15) is 0 Å². The standard InChI is InChI=1S/C15H15FN2S/c1-10-5-3-6-12(9-10)17-15(19)18-14-8-4-7-13(16)11(14)2/h3-9H,1-2H3,(H2,17,18,19). The first-order valence-corrected chi connectivity index (χ1v) is 6.37. The number of aryl methyl sites for hydroxylation is 1. The molecule has 0 aliphatic heterocycles. The second-order valence-electron chi connectivity index (χ2n) is 4.36. The minimum atomic E-state index is -0.247. The lowest BCUT2D eigenvalue weighted by atomic mass is 10.2. The van der Waals surface area contributed by atoms with Crippen LogP contribution in [0.2, 0.25) is 0 Å². The summed E-state index contributed by atoms with van der Waals surface area (Å²) in [6, 6.07) is 12.8. The van der Waals surface area contributed by atoms with E-state index in [2.05, 4.69) is 10.6 Å². The molecule has 0 amide bonds. The molecule has 2 aromatic rings. The summed E-state index contributed by atoms with van der Waals surface area (Å²) in [4.78, 5) is 0. The molecule has 0 saturated carbocycles. The lowest BCUT2D eigenvalue weighted by molar-refractivity contribution is 0.619. The third-order valence-electron chi connectivity index (χ3n) is 2.79. The van der Waals surface area contributed by atoms with Crippen LogP contribution in [0.4, 0.5) is 15.8 Å². The number of benzene rings is 2. The quantitative estimate of drug-likeness (QED) is 0.800. The number of thiocarbonyl (C=S) groups is 1. The molecule has 0 radical (unpaired) electrons. The third-order valence-corrected chi connectivity index (χ3v) is 3.00. The van der Waals surface area contributed by atoms with Crippen LogP contribution in [-0.4, -0.2) is 5.11 Å². The summed E-state index contributed by atoms with van der Waals surface area (Å²) < 4.78 is 13.4. The number of hydrogen-bond acceptors (Lipinski definition) is 1. The Bertz CT molecular complexity index is 611. The van der Waals surface area contributed by atoms with Crippen molar-refractivity contribution in [2.75, 3.05) is 10.6 Å². The van der Waals surface area contributed by atoms with Crippen molar-refractivity contribution in [1.29, 1.82) is 0 Å². The van der Waals surface area contributed by atoms with Gasteiger partial charge >= 0.3 is 0 Å². The highest BCUT2D eigenvalue weighted by Gasteiger charge is 2.05. The number of anilines is 2. The minimum absolute atomic E-state index is 0.247. The summed E-state index contributed by atoms with van der Waals surface area (Å²) in [5, 5.41) is 6.52. The summed E-state index contributed by atoms with van der Waals surface area (Å²) in [7, 11) is 0. The van der Waals surface area contributed by atoms with Gasteiger partial charge in [0.1, 0.15) is 5.82 Å². The maximum atomic E-state index is 13.4. The molecule has 0 atom stereocenters. The zero-order valence-corrected chi connectivity index (χ0v) is 11.6. The molecule has 0 spiro atoms. The van der Waals surface area contributed by atoms with Gasteiger partial charge in [-0.25, -0.2) is 4.39 Å². The Morgan fingerprint density at radius 2 is 1.79 bits per heavy atom. The Balaban J connectivity index is 2.08. The third kappa shape index (κ3) is 3.51. The van der Waals surface area contributed by atoms with Crippen molar-refractivity contribution in [2.45, 2.75) is 13.8 Å². The second-order valence-corrected chi connectivity index (χ2v) is 4.77. The predicted molar refractivity (Wildman–Crippen MR) is 82.2 cm³/mol. The van der Waals surface area contributed by atoms with Crippen LogP contribution in [-0.2, 0) is 0 Å². The number of rotatable bonds is 2. The number of hydrogen-bond donors (Lipinski definition) is 2. The SMILES string of the molecule is Cc1cccc(NC(=S)Nc2cccc(F)c2C)c1. The fourth-order valence-corrected chi connectivity index (χ4v) is 1.98. The molecular weight excluding hydrogens is 259 g/mol. The van der Waals surface area contributed by atoms with E-state index in [-0.39, 0.29) is 5.82 Å². The van der Waals surface area contributed by atoms with E-state index in [4.69, 9.17) is 12.2 Å². The molecule has 2 N–H and O–H groups in total. The molecule has 0 bridgehead atoms. The summed E-state index contributed by atoms with van der Waals surface area (Å²) in [5.74, 6) is -0.247. The van der Waals surface area contributed by atoms with Crippen molar-refractivity contribution in [3.05, 3.63) is 59.4 Å². The van der Waals surface area contributed by atoms with Crippen molar-refractivity contribution in [2.24, 2.45) is 0 Å². The Kier molecular flexibility index (Phi) is 4.12. The van der Waals surface area contributed by atoms with Crippen LogP contribution in [0.1, 0.15) is 11.1 Å². The highest BCUT2D eigenvalue weighted by atomic mass is 32.1. The van der Waals surface area contributed by atoms with Gasteiger partial charge in [0.25, 0.3) is 0 Å². The zero-order valence-electron chi connectivity index (χ0n) is 10.8. The van der Waals surface area contributed by atoms with Crippen LogP contribution >= 0.6 is 12.2 Å². The van der Waals surface area contributed by atoms with Crippen molar-refractivity contribution in [1.82, 2.24) is 0 Å². The van der Waals surface area contributed by atoms with Gasteiger partial charge < -0.3 is 10.6 Å². The molecule has 0 aromatic heterocycles. The van der Waals surface area contributed by atoms with Gasteiger partial charge in [-0.3, -0.25) is 0 Å². The van der Waals surface area contributed by atoms with Crippen molar-refractivity contribution < 1.29 is 4.39 Å². The first-order chi connectivity index (χ1) is 9.06. The molecule has 4 heteroatoms. The van der Waals surface area contributed by atoms with E-state index in [9.17, 15) is 4.39 Å². The number of nitrogens with one attached hydrogen (secondary N) is 2. The average Bonchev–Trinajstić information content (AvgIpc) is 2.35. The maximum Gasteiger partial charge on any atom is 0.175 e. The summed E-state index contributed by atoms with van der Waals surface area (Å²) in [5.41, 5.74) is 3.28. The van der Waals surface area contributed by atoms with Crippen LogP contribution in [0.25, 0.3) is 0 Å². The van der Waals surface area contributed by atoms with Gasteiger partial charge in [-0.1, -0.05) is 18.2 Å². The van der Waals surface area contributed by atoms with E-state index in [1.54, 1.807) is 19.1 Å². The summed E-state index contributed by atoms with van der Waals surface area (Å²) in [6.07, 6.45) is 0. The largest absolute Gasteiger partial charge is 0.332 e. The van der Waals surface area contributed by atoms with E-state index in [0.29, 0.717) is 16.4 Å².